The van der Waals surface area contributed by atoms with Gasteiger partial charge in [0.1, 0.15) is 6.54 Å². The van der Waals surface area contributed by atoms with Crippen molar-refractivity contribution in [1.29, 1.82) is 0 Å². The monoisotopic (exact) mass is 705 g/mol. The third-order valence-corrected chi connectivity index (χ3v) is 12.1. The van der Waals surface area contributed by atoms with E-state index in [1.54, 1.807) is 23.5 Å². The Labute approximate surface area is 302 Å². The number of anilines is 1. The van der Waals surface area contributed by atoms with Crippen molar-refractivity contribution in [1.82, 2.24) is 0 Å². The van der Waals surface area contributed by atoms with Crippen molar-refractivity contribution in [2.24, 2.45) is 0 Å². The van der Waals surface area contributed by atoms with Gasteiger partial charge in [0.25, 0.3) is 5.69 Å². The lowest BCUT2D eigenvalue weighted by atomic mass is 9.80. The average molecular weight is 706 g/mol. The first kappa shape index (κ1) is 35.2. The van der Waals surface area contributed by atoms with Crippen LogP contribution in [0.4, 0.5) is 17.1 Å². The summed E-state index contributed by atoms with van der Waals surface area (Å²) in [5.74, 6) is -0.994. The number of carboxylic acid groups (broad SMARTS) is 1. The van der Waals surface area contributed by atoms with E-state index in [-0.39, 0.29) is 27.9 Å². The number of rotatable bonds is 13. The lowest BCUT2D eigenvalue weighted by Crippen LogP contribution is -2.28. The number of hydrogen-bond donors (Lipinski definition) is 0. The molecule has 2 aliphatic rings. The summed E-state index contributed by atoms with van der Waals surface area (Å²) in [7, 11) is 0. The Kier molecular flexibility index (Phi) is 10.1. The van der Waals surface area contributed by atoms with Crippen molar-refractivity contribution < 1.29 is 19.4 Å². The minimum absolute atomic E-state index is 0.0880. The Morgan fingerprint density at radius 2 is 1.70 bits per heavy atom. The van der Waals surface area contributed by atoms with E-state index in [1.165, 1.54) is 37.2 Å². The lowest BCUT2D eigenvalue weighted by Gasteiger charge is -2.25. The fourth-order valence-corrected chi connectivity index (χ4v) is 9.14. The van der Waals surface area contributed by atoms with Crippen LogP contribution in [0.2, 0.25) is 0 Å². The molecule has 0 unspecified atom stereocenters. The number of unbranched alkanes of at least 4 members (excludes halogenated alkanes) is 2. The maximum atomic E-state index is 11.5. The van der Waals surface area contributed by atoms with E-state index >= 15 is 0 Å². The van der Waals surface area contributed by atoms with Crippen molar-refractivity contribution in [3.8, 4) is 20.2 Å². The van der Waals surface area contributed by atoms with Crippen molar-refractivity contribution in [3.05, 3.63) is 123 Å². The van der Waals surface area contributed by atoms with Gasteiger partial charge >= 0.3 is 0 Å². The molecule has 2 aromatic carbocycles. The third kappa shape index (κ3) is 6.76. The number of allylic oxidation sites excluding steroid dienone is 6. The third-order valence-electron chi connectivity index (χ3n) is 9.94. The highest BCUT2D eigenvalue weighted by Gasteiger charge is 2.44. The predicted molar refractivity (Wildman–Crippen MR) is 205 cm³/mol. The van der Waals surface area contributed by atoms with Gasteiger partial charge in [0, 0.05) is 80.2 Å². The predicted octanol–water partition coefficient (Wildman–Crippen LogP) is 9.55. The normalized spacial score (nSPS) is 17.0. The second-order valence-corrected chi connectivity index (χ2v) is 15.9. The maximum Gasteiger partial charge on any atom is 0.269 e. The molecule has 258 valence electrons. The fraction of sp³-hybridized carbons (Fsp3) is 0.317. The van der Waals surface area contributed by atoms with E-state index in [0.717, 1.165) is 42.9 Å². The van der Waals surface area contributed by atoms with Gasteiger partial charge in [-0.1, -0.05) is 38.1 Å². The number of thiophene rings is 2. The van der Waals surface area contributed by atoms with Crippen LogP contribution in [-0.4, -0.2) is 34.3 Å². The van der Waals surface area contributed by atoms with Crippen molar-refractivity contribution in [3.63, 3.8) is 0 Å². The summed E-state index contributed by atoms with van der Waals surface area (Å²) < 4.78 is 2.40. The number of carboxylic acids is 1. The molecule has 7 nitrogen and oxygen atoms in total. The zero-order valence-corrected chi connectivity index (χ0v) is 30.9. The van der Waals surface area contributed by atoms with Crippen LogP contribution in [0.5, 0.6) is 0 Å². The highest BCUT2D eigenvalue weighted by atomic mass is 32.1. The minimum Gasteiger partial charge on any atom is -0.550 e. The van der Waals surface area contributed by atoms with Crippen LogP contribution in [0.15, 0.2) is 102 Å². The number of fused-ring (bicyclic) bond motifs is 2. The van der Waals surface area contributed by atoms with Gasteiger partial charge in [-0.2, -0.15) is 4.58 Å². The molecule has 2 aliphatic heterocycles. The molecule has 50 heavy (non-hydrogen) atoms. The number of carbonyl (C=O) groups excluding carboxylic acids is 1. The Morgan fingerprint density at radius 1 is 0.900 bits per heavy atom. The summed E-state index contributed by atoms with van der Waals surface area (Å²) in [6, 6.07) is 20.6. The summed E-state index contributed by atoms with van der Waals surface area (Å²) >= 11 is 3.57. The molecule has 0 radical (unpaired) electrons. The molecule has 0 amide bonds. The van der Waals surface area contributed by atoms with Crippen LogP contribution < -0.4 is 10.0 Å². The molecule has 0 saturated carbocycles. The van der Waals surface area contributed by atoms with E-state index in [4.69, 9.17) is 0 Å². The van der Waals surface area contributed by atoms with Gasteiger partial charge in [-0.25, -0.2) is 0 Å². The molecule has 4 aromatic rings. The largest absolute Gasteiger partial charge is 0.550 e. The first-order chi connectivity index (χ1) is 23.9. The lowest BCUT2D eigenvalue weighted by molar-refractivity contribution is -0.438. The number of likely N-dealkylation sites (N-methyl/N-ethyl adjacent to an activating group) is 1. The number of nitrogens with zero attached hydrogens (tertiary/aromatic N) is 3. The Hall–Kier alpha value is -4.60. The van der Waals surface area contributed by atoms with Gasteiger partial charge in [-0.3, -0.25) is 10.1 Å². The van der Waals surface area contributed by atoms with Gasteiger partial charge in [-0.15, -0.1) is 22.7 Å². The standard InChI is InChI=1S/C41H43N3O4S2/c1-6-42-32-21-19-29(44(47)48)27-31(32)41(4,5)37(42)15-9-7-10-16-38-40(2,3)30-26-28(34-22-23-36(50-34)35-14-13-25-49-35)18-20-33(30)43(38)24-12-8-11-17-39(45)46/h7,9-10,13-16,18-23,25-27H,6,8,11-12,17,24H2,1-5H3. The van der Waals surface area contributed by atoms with Crippen LogP contribution >= 0.6 is 22.7 Å². The SMILES string of the molecule is CCN1/C(=C/C=C/C=C/C2=[N+](CCCCCC(=O)[O-])c3ccc(-c4ccc(-c5cccs5)s4)cc3C2(C)C)C(C)(C)c2cc([N+](=O)[O-])ccc21. The molecule has 0 atom stereocenters. The molecular weight excluding hydrogens is 663 g/mol. The molecule has 0 spiro atoms. The van der Waals surface area contributed by atoms with Crippen LogP contribution in [0.1, 0.15) is 71.4 Å². The van der Waals surface area contributed by atoms with Crippen LogP contribution in [0.25, 0.3) is 20.2 Å². The number of nitro benzene ring substituents is 1. The zero-order chi connectivity index (χ0) is 35.6. The molecule has 6 rings (SSSR count). The van der Waals surface area contributed by atoms with Gasteiger partial charge in [0.15, 0.2) is 5.71 Å². The molecule has 0 N–H and O–H groups in total. The molecule has 0 bridgehead atoms. The Bertz CT molecular complexity index is 2050. The summed E-state index contributed by atoms with van der Waals surface area (Å²) in [6.45, 7) is 12.4. The fourth-order valence-electron chi connectivity index (χ4n) is 7.31. The number of non-ortho nitro benzene ring substituents is 1. The Balaban J connectivity index is 1.28. The molecule has 0 fully saturated rings. The van der Waals surface area contributed by atoms with E-state index in [9.17, 15) is 20.0 Å². The molecule has 2 aromatic heterocycles. The van der Waals surface area contributed by atoms with Gasteiger partial charge in [0.05, 0.1) is 10.3 Å². The second kappa shape index (κ2) is 14.3. The first-order valence-electron chi connectivity index (χ1n) is 17.2. The number of nitro groups is 1. The number of carbonyl (C=O) groups is 1. The molecule has 0 saturated heterocycles. The van der Waals surface area contributed by atoms with Crippen LogP contribution in [0, 0.1) is 10.1 Å². The molecule has 4 heterocycles. The minimum atomic E-state index is -0.994. The van der Waals surface area contributed by atoms with Crippen molar-refractivity contribution in [2.75, 3.05) is 18.0 Å². The maximum absolute atomic E-state index is 11.5. The van der Waals surface area contributed by atoms with Crippen LogP contribution in [0.3, 0.4) is 0 Å². The highest BCUT2D eigenvalue weighted by Crippen LogP contribution is 2.49. The number of benzene rings is 2. The molecule has 9 heteroatoms. The average Bonchev–Trinajstić information content (AvgIpc) is 3.86. The van der Waals surface area contributed by atoms with E-state index in [0.29, 0.717) is 6.42 Å². The van der Waals surface area contributed by atoms with E-state index in [2.05, 4.69) is 122 Å². The number of hydrogen-bond acceptors (Lipinski definition) is 7. The van der Waals surface area contributed by atoms with Crippen molar-refractivity contribution in [2.45, 2.75) is 71.1 Å². The van der Waals surface area contributed by atoms with Crippen LogP contribution in [-0.2, 0) is 15.6 Å². The quantitative estimate of drug-likeness (QED) is 0.0455. The van der Waals surface area contributed by atoms with Gasteiger partial charge in [-0.05, 0) is 99.0 Å². The first-order valence-corrected chi connectivity index (χ1v) is 18.9. The molecule has 0 aliphatic carbocycles. The zero-order valence-electron chi connectivity index (χ0n) is 29.3. The van der Waals surface area contributed by atoms with Gasteiger partial charge < -0.3 is 14.8 Å². The number of aliphatic carboxylic acids is 1. The highest BCUT2D eigenvalue weighted by molar-refractivity contribution is 7.23. The van der Waals surface area contributed by atoms with Gasteiger partial charge in [0.2, 0.25) is 5.69 Å². The summed E-state index contributed by atoms with van der Waals surface area (Å²) in [5.41, 5.74) is 7.43. The summed E-state index contributed by atoms with van der Waals surface area (Å²) in [6.07, 6.45) is 12.9. The second-order valence-electron chi connectivity index (χ2n) is 13.8. The Morgan fingerprint density at radius 3 is 2.42 bits per heavy atom. The van der Waals surface area contributed by atoms with Crippen molar-refractivity contribution >= 4 is 51.4 Å². The summed E-state index contributed by atoms with van der Waals surface area (Å²) in [5, 5.41) is 24.6. The van der Waals surface area contributed by atoms with E-state index in [1.807, 2.05) is 17.4 Å². The molecular formula is C41H43N3O4S2. The van der Waals surface area contributed by atoms with E-state index < -0.39 is 5.97 Å². The summed E-state index contributed by atoms with van der Waals surface area (Å²) in [4.78, 5) is 28.2. The topological polar surface area (TPSA) is 89.5 Å². The smallest absolute Gasteiger partial charge is 0.269 e.